The zero-order chi connectivity index (χ0) is 23.4. The molecular formula is C22H18BrF3N6O. The SMILES string of the molecule is O=C(N/N=C/c1cccc(C(F)(F)F)c1)N1CCc2ncnc(Nc3cccc(Br)c3)c2C1. The number of anilines is 2. The van der Waals surface area contributed by atoms with Crippen LogP contribution in [-0.4, -0.2) is 33.7 Å². The fraction of sp³-hybridized carbons (Fsp3) is 0.182. The Labute approximate surface area is 195 Å². The fourth-order valence-electron chi connectivity index (χ4n) is 3.35. The van der Waals surface area contributed by atoms with Crippen LogP contribution in [0.1, 0.15) is 22.4 Å². The molecule has 1 aliphatic rings. The van der Waals surface area contributed by atoms with E-state index >= 15 is 0 Å². The quantitative estimate of drug-likeness (QED) is 0.371. The van der Waals surface area contributed by atoms with Crippen molar-refractivity contribution >= 4 is 39.7 Å². The predicted molar refractivity (Wildman–Crippen MR) is 121 cm³/mol. The summed E-state index contributed by atoms with van der Waals surface area (Å²) in [6.45, 7) is 0.683. The number of nitrogens with zero attached hydrogens (tertiary/aromatic N) is 4. The van der Waals surface area contributed by atoms with E-state index in [1.165, 1.54) is 24.7 Å². The Morgan fingerprint density at radius 1 is 1.15 bits per heavy atom. The average Bonchev–Trinajstić information content (AvgIpc) is 2.79. The number of hydrazone groups is 1. The van der Waals surface area contributed by atoms with Gasteiger partial charge in [-0.2, -0.15) is 18.3 Å². The highest BCUT2D eigenvalue weighted by atomic mass is 79.9. The first kappa shape index (κ1) is 22.7. The minimum atomic E-state index is -4.45. The molecule has 0 aliphatic carbocycles. The molecule has 33 heavy (non-hydrogen) atoms. The van der Waals surface area contributed by atoms with Gasteiger partial charge in [-0.25, -0.2) is 20.2 Å². The van der Waals surface area contributed by atoms with Crippen molar-refractivity contribution < 1.29 is 18.0 Å². The number of benzene rings is 2. The van der Waals surface area contributed by atoms with Gasteiger partial charge >= 0.3 is 12.2 Å². The Kier molecular flexibility index (Phi) is 6.59. The lowest BCUT2D eigenvalue weighted by Crippen LogP contribution is -2.41. The predicted octanol–water partition coefficient (Wildman–Crippen LogP) is 5.10. The highest BCUT2D eigenvalue weighted by Crippen LogP contribution is 2.29. The zero-order valence-corrected chi connectivity index (χ0v) is 18.7. The van der Waals surface area contributed by atoms with Crippen molar-refractivity contribution in [2.24, 2.45) is 5.10 Å². The summed E-state index contributed by atoms with van der Waals surface area (Å²) < 4.78 is 39.4. The lowest BCUT2D eigenvalue weighted by Gasteiger charge is -2.28. The summed E-state index contributed by atoms with van der Waals surface area (Å²) in [5, 5.41) is 7.06. The third kappa shape index (κ3) is 5.67. The van der Waals surface area contributed by atoms with Crippen LogP contribution in [0.2, 0.25) is 0 Å². The van der Waals surface area contributed by atoms with E-state index in [2.05, 4.69) is 41.7 Å². The summed E-state index contributed by atoms with van der Waals surface area (Å²) in [5.74, 6) is 0.600. The summed E-state index contributed by atoms with van der Waals surface area (Å²) in [4.78, 5) is 22.8. The summed E-state index contributed by atoms with van der Waals surface area (Å²) >= 11 is 3.43. The van der Waals surface area contributed by atoms with Gasteiger partial charge in [0.1, 0.15) is 12.1 Å². The standard InChI is InChI=1S/C22H18BrF3N6O/c23-16-5-2-6-17(10-16)30-20-18-12-32(8-7-19(18)27-13-28-20)21(33)31-29-11-14-3-1-4-15(9-14)22(24,25)26/h1-6,9-11,13H,7-8,12H2,(H,31,33)(H,27,28,30)/b29-11+. The Hall–Kier alpha value is -3.47. The number of urea groups is 1. The molecule has 0 saturated heterocycles. The number of alkyl halides is 3. The second-order valence-electron chi connectivity index (χ2n) is 7.25. The van der Waals surface area contributed by atoms with Gasteiger partial charge in [0.05, 0.1) is 24.0 Å². The van der Waals surface area contributed by atoms with Gasteiger partial charge in [0.2, 0.25) is 0 Å². The second kappa shape index (κ2) is 9.57. The van der Waals surface area contributed by atoms with Gasteiger partial charge in [0.25, 0.3) is 0 Å². The number of hydrogen-bond donors (Lipinski definition) is 2. The topological polar surface area (TPSA) is 82.5 Å². The first-order valence-corrected chi connectivity index (χ1v) is 10.7. The molecule has 7 nitrogen and oxygen atoms in total. The molecule has 0 bridgehead atoms. The van der Waals surface area contributed by atoms with Crippen LogP contribution in [0.5, 0.6) is 0 Å². The molecule has 1 aliphatic heterocycles. The maximum atomic E-state index is 12.8. The third-order valence-corrected chi connectivity index (χ3v) is 5.46. The maximum absolute atomic E-state index is 12.8. The van der Waals surface area contributed by atoms with Crippen molar-refractivity contribution in [2.75, 3.05) is 11.9 Å². The number of fused-ring (bicyclic) bond motifs is 1. The molecule has 170 valence electrons. The van der Waals surface area contributed by atoms with Crippen molar-refractivity contribution in [3.8, 4) is 0 Å². The lowest BCUT2D eigenvalue weighted by atomic mass is 10.1. The summed E-state index contributed by atoms with van der Waals surface area (Å²) in [5.41, 5.74) is 4.29. The van der Waals surface area contributed by atoms with E-state index in [9.17, 15) is 18.0 Å². The molecule has 4 rings (SSSR count). The van der Waals surface area contributed by atoms with Crippen molar-refractivity contribution in [3.63, 3.8) is 0 Å². The highest BCUT2D eigenvalue weighted by molar-refractivity contribution is 9.10. The van der Waals surface area contributed by atoms with Gasteiger partial charge in [0, 0.05) is 28.7 Å². The lowest BCUT2D eigenvalue weighted by molar-refractivity contribution is -0.137. The second-order valence-corrected chi connectivity index (χ2v) is 8.17. The number of halogens is 4. The third-order valence-electron chi connectivity index (χ3n) is 4.96. The van der Waals surface area contributed by atoms with Crippen LogP contribution in [0.4, 0.5) is 29.5 Å². The van der Waals surface area contributed by atoms with Crippen molar-refractivity contribution in [1.82, 2.24) is 20.3 Å². The van der Waals surface area contributed by atoms with E-state index in [4.69, 9.17) is 0 Å². The molecule has 0 saturated carbocycles. The molecule has 0 atom stereocenters. The highest BCUT2D eigenvalue weighted by Gasteiger charge is 2.30. The normalized spacial score (nSPS) is 13.6. The molecular weight excluding hydrogens is 501 g/mol. The largest absolute Gasteiger partial charge is 0.416 e. The number of carbonyl (C=O) groups excluding carboxylic acids is 1. The number of aromatic nitrogens is 2. The minimum absolute atomic E-state index is 0.225. The molecule has 2 amide bonds. The molecule has 0 fully saturated rings. The van der Waals surface area contributed by atoms with Crippen LogP contribution in [0, 0.1) is 0 Å². The van der Waals surface area contributed by atoms with E-state index in [0.717, 1.165) is 33.6 Å². The van der Waals surface area contributed by atoms with Crippen LogP contribution < -0.4 is 10.7 Å². The number of hydrogen-bond acceptors (Lipinski definition) is 5. The Morgan fingerprint density at radius 2 is 1.97 bits per heavy atom. The number of rotatable bonds is 4. The van der Waals surface area contributed by atoms with Crippen molar-refractivity contribution in [1.29, 1.82) is 0 Å². The van der Waals surface area contributed by atoms with Crippen molar-refractivity contribution in [3.05, 3.63) is 81.7 Å². The number of amides is 2. The molecule has 2 aromatic carbocycles. The van der Waals surface area contributed by atoms with Gasteiger partial charge in [-0.05, 0) is 35.9 Å². The maximum Gasteiger partial charge on any atom is 0.416 e. The number of carbonyl (C=O) groups is 1. The molecule has 2 heterocycles. The molecule has 0 unspecified atom stereocenters. The van der Waals surface area contributed by atoms with Crippen molar-refractivity contribution in [2.45, 2.75) is 19.1 Å². The average molecular weight is 519 g/mol. The molecule has 0 radical (unpaired) electrons. The zero-order valence-electron chi connectivity index (χ0n) is 17.1. The smallest absolute Gasteiger partial charge is 0.340 e. The summed E-state index contributed by atoms with van der Waals surface area (Å²) in [7, 11) is 0. The van der Waals surface area contributed by atoms with E-state index in [1.807, 2.05) is 24.3 Å². The van der Waals surface area contributed by atoms with Gasteiger partial charge in [-0.1, -0.05) is 34.1 Å². The first-order chi connectivity index (χ1) is 15.8. The van der Waals surface area contributed by atoms with Crippen LogP contribution in [-0.2, 0) is 19.1 Å². The van der Waals surface area contributed by atoms with Crippen LogP contribution in [0.3, 0.4) is 0 Å². The first-order valence-electron chi connectivity index (χ1n) is 9.90. The van der Waals surface area contributed by atoms with Crippen LogP contribution in [0.15, 0.2) is 64.4 Å². The van der Waals surface area contributed by atoms with Gasteiger partial charge in [-0.15, -0.1) is 0 Å². The van der Waals surface area contributed by atoms with Gasteiger partial charge in [-0.3, -0.25) is 0 Å². The molecule has 2 N–H and O–H groups in total. The molecule has 3 aromatic rings. The Bertz CT molecular complexity index is 1200. The fourth-order valence-corrected chi connectivity index (χ4v) is 3.75. The van der Waals surface area contributed by atoms with E-state index in [0.29, 0.717) is 18.8 Å². The Morgan fingerprint density at radius 3 is 2.76 bits per heavy atom. The van der Waals surface area contributed by atoms with Crippen LogP contribution >= 0.6 is 15.9 Å². The molecule has 0 spiro atoms. The van der Waals surface area contributed by atoms with E-state index < -0.39 is 17.8 Å². The van der Waals surface area contributed by atoms with Crippen LogP contribution in [0.25, 0.3) is 0 Å². The molecule has 1 aromatic heterocycles. The minimum Gasteiger partial charge on any atom is -0.340 e. The summed E-state index contributed by atoms with van der Waals surface area (Å²) in [6.07, 6.45) is -1.25. The monoisotopic (exact) mass is 518 g/mol. The van der Waals surface area contributed by atoms with Gasteiger partial charge in [0.15, 0.2) is 0 Å². The Balaban J connectivity index is 1.43. The summed E-state index contributed by atoms with van der Waals surface area (Å²) in [6, 6.07) is 11.8. The van der Waals surface area contributed by atoms with E-state index in [1.54, 1.807) is 4.90 Å². The number of nitrogens with one attached hydrogen (secondary N) is 2. The molecule has 11 heteroatoms. The van der Waals surface area contributed by atoms with Gasteiger partial charge < -0.3 is 10.2 Å². The van der Waals surface area contributed by atoms with E-state index in [-0.39, 0.29) is 12.1 Å².